The van der Waals surface area contributed by atoms with Crippen LogP contribution in [0.5, 0.6) is 0 Å². The Morgan fingerprint density at radius 3 is 2.62 bits per heavy atom. The molecule has 2 unspecified atom stereocenters. The van der Waals surface area contributed by atoms with Crippen molar-refractivity contribution in [2.45, 2.75) is 44.8 Å². The maximum Gasteiger partial charge on any atom is 0.0594 e. The molecule has 4 aliphatic rings. The van der Waals surface area contributed by atoms with E-state index < -0.39 is 0 Å². The zero-order chi connectivity index (χ0) is 21.8. The molecule has 2 aromatic carbocycles. The smallest absolute Gasteiger partial charge is 0.0594 e. The monoisotopic (exact) mass is 497 g/mol. The number of benzene rings is 2. The summed E-state index contributed by atoms with van der Waals surface area (Å²) in [4.78, 5) is 5.23. The van der Waals surface area contributed by atoms with E-state index in [0.29, 0.717) is 6.04 Å². The highest BCUT2D eigenvalue weighted by molar-refractivity contribution is 9.10. The molecular weight excluding hydrogens is 462 g/mol. The van der Waals surface area contributed by atoms with Gasteiger partial charge in [0.2, 0.25) is 0 Å². The molecule has 5 heteroatoms. The van der Waals surface area contributed by atoms with Crippen molar-refractivity contribution in [3.05, 3.63) is 69.2 Å². The minimum atomic E-state index is 0.674. The van der Waals surface area contributed by atoms with Crippen LogP contribution < -0.4 is 5.32 Å². The Kier molecular flexibility index (Phi) is 7.60. The molecule has 0 amide bonds. The highest BCUT2D eigenvalue weighted by Crippen LogP contribution is 2.33. The van der Waals surface area contributed by atoms with Gasteiger partial charge in [-0.2, -0.15) is 0 Å². The summed E-state index contributed by atoms with van der Waals surface area (Å²) in [6.45, 7) is 9.20. The molecule has 6 rings (SSSR count). The van der Waals surface area contributed by atoms with Gasteiger partial charge in [0.1, 0.15) is 0 Å². The summed E-state index contributed by atoms with van der Waals surface area (Å²) in [5.74, 6) is 0.797. The number of piperidine rings is 1. The lowest BCUT2D eigenvalue weighted by atomic mass is 9.80. The van der Waals surface area contributed by atoms with E-state index in [4.69, 9.17) is 4.74 Å². The molecule has 32 heavy (non-hydrogen) atoms. The van der Waals surface area contributed by atoms with Crippen molar-refractivity contribution in [3.63, 3.8) is 0 Å². The normalized spacial score (nSPS) is 24.2. The molecule has 172 valence electrons. The van der Waals surface area contributed by atoms with Crippen molar-refractivity contribution >= 4 is 15.9 Å². The number of halogens is 1. The number of hydrogen-bond donors (Lipinski definition) is 1. The van der Waals surface area contributed by atoms with Crippen LogP contribution in [0.25, 0.3) is 0 Å². The van der Waals surface area contributed by atoms with Crippen LogP contribution in [0.4, 0.5) is 0 Å². The van der Waals surface area contributed by atoms with E-state index in [-0.39, 0.29) is 0 Å². The van der Waals surface area contributed by atoms with Crippen molar-refractivity contribution < 1.29 is 4.74 Å². The quantitative estimate of drug-likeness (QED) is 0.578. The fourth-order valence-corrected chi connectivity index (χ4v) is 6.21. The maximum atomic E-state index is 5.43. The van der Waals surface area contributed by atoms with Crippen molar-refractivity contribution in [2.75, 3.05) is 45.9 Å². The fraction of sp³-hybridized carbons (Fsp3) is 0.556. The minimum Gasteiger partial charge on any atom is -0.379 e. The number of nitrogens with one attached hydrogen (secondary N) is 1. The van der Waals surface area contributed by atoms with Crippen molar-refractivity contribution in [1.29, 1.82) is 0 Å². The second-order valence-electron chi connectivity index (χ2n) is 9.76. The van der Waals surface area contributed by atoms with Crippen LogP contribution >= 0.6 is 15.9 Å². The second kappa shape index (κ2) is 10.8. The summed E-state index contributed by atoms with van der Waals surface area (Å²) >= 11 is 3.85. The van der Waals surface area contributed by atoms with E-state index in [2.05, 4.69) is 73.5 Å². The van der Waals surface area contributed by atoms with Gasteiger partial charge >= 0.3 is 0 Å². The van der Waals surface area contributed by atoms with E-state index in [1.807, 2.05) is 0 Å². The molecule has 0 aromatic heterocycles. The highest BCUT2D eigenvalue weighted by Gasteiger charge is 2.31. The molecule has 0 spiro atoms. The molecule has 2 aromatic rings. The molecule has 2 bridgehead atoms. The molecule has 3 heterocycles. The standard InChI is InChI=1S/C27H36BrN3O/c28-27-16-22(5-7-25(27)18-29-9-10-30-11-13-32-14-12-30)20-31-19-21-6-8-26(31)17-24-4-2-1-3-23(24)15-21/h1-5,7,16,21,26,29H,6,8-15,17-20H2. The molecule has 2 fully saturated rings. The van der Waals surface area contributed by atoms with Crippen molar-refractivity contribution in [1.82, 2.24) is 15.1 Å². The van der Waals surface area contributed by atoms with Gasteiger partial charge in [-0.15, -0.1) is 0 Å². The molecular formula is C27H36BrN3O. The largest absolute Gasteiger partial charge is 0.379 e. The van der Waals surface area contributed by atoms with Crippen molar-refractivity contribution in [2.24, 2.45) is 5.92 Å². The summed E-state index contributed by atoms with van der Waals surface area (Å²) in [5.41, 5.74) is 5.94. The maximum absolute atomic E-state index is 5.43. The molecule has 1 N–H and O–H groups in total. The number of fused-ring (bicyclic) bond motifs is 2. The zero-order valence-corrected chi connectivity index (χ0v) is 20.7. The lowest BCUT2D eigenvalue weighted by Gasteiger charge is -2.42. The summed E-state index contributed by atoms with van der Waals surface area (Å²) < 4.78 is 6.66. The Hall–Kier alpha value is -1.24. The first-order chi connectivity index (χ1) is 15.7. The van der Waals surface area contributed by atoms with E-state index in [1.54, 1.807) is 11.1 Å². The third-order valence-corrected chi connectivity index (χ3v) is 8.27. The fourth-order valence-electron chi connectivity index (χ4n) is 5.65. The first kappa shape index (κ1) is 22.5. The van der Waals surface area contributed by atoms with Crippen molar-refractivity contribution in [3.8, 4) is 0 Å². The number of ether oxygens (including phenoxy) is 1. The second-order valence-corrected chi connectivity index (χ2v) is 10.6. The van der Waals surface area contributed by atoms with Gasteiger partial charge in [-0.3, -0.25) is 9.80 Å². The van der Waals surface area contributed by atoms with Crippen LogP contribution in [-0.2, 0) is 30.7 Å². The number of morpholine rings is 1. The van der Waals surface area contributed by atoms with Gasteiger partial charge in [0.25, 0.3) is 0 Å². The van der Waals surface area contributed by atoms with Crippen LogP contribution in [0, 0.1) is 5.92 Å². The van der Waals surface area contributed by atoms with Gasteiger partial charge in [0.05, 0.1) is 13.2 Å². The summed E-state index contributed by atoms with van der Waals surface area (Å²) in [5, 5.41) is 3.61. The van der Waals surface area contributed by atoms with Gasteiger partial charge in [0, 0.05) is 56.3 Å². The Morgan fingerprint density at radius 1 is 1.00 bits per heavy atom. The number of nitrogens with zero attached hydrogens (tertiary/aromatic N) is 2. The molecule has 2 saturated heterocycles. The predicted octanol–water partition coefficient (Wildman–Crippen LogP) is 4.25. The van der Waals surface area contributed by atoms with Crippen LogP contribution in [0.1, 0.15) is 35.1 Å². The lowest BCUT2D eigenvalue weighted by Crippen LogP contribution is -2.46. The molecule has 3 aliphatic heterocycles. The van der Waals surface area contributed by atoms with Gasteiger partial charge < -0.3 is 10.1 Å². The SMILES string of the molecule is Brc1cc(CN2CC3CCC2Cc2ccccc2C3)ccc1CNCCN1CCOCC1. The van der Waals surface area contributed by atoms with E-state index in [9.17, 15) is 0 Å². The van der Waals surface area contributed by atoms with Crippen LogP contribution in [0.15, 0.2) is 46.9 Å². The Morgan fingerprint density at radius 2 is 1.81 bits per heavy atom. The Bertz CT molecular complexity index is 898. The first-order valence-corrected chi connectivity index (χ1v) is 13.1. The average Bonchev–Trinajstić information content (AvgIpc) is 2.79. The molecule has 4 nitrogen and oxygen atoms in total. The predicted molar refractivity (Wildman–Crippen MR) is 134 cm³/mol. The Balaban J connectivity index is 1.16. The zero-order valence-electron chi connectivity index (χ0n) is 19.1. The minimum absolute atomic E-state index is 0.674. The van der Waals surface area contributed by atoms with E-state index in [1.165, 1.54) is 47.8 Å². The Labute approximate surface area is 201 Å². The summed E-state index contributed by atoms with van der Waals surface area (Å²) in [6, 6.07) is 16.8. The van der Waals surface area contributed by atoms with Crippen LogP contribution in [0.3, 0.4) is 0 Å². The molecule has 0 radical (unpaired) electrons. The van der Waals surface area contributed by atoms with Gasteiger partial charge in [-0.25, -0.2) is 0 Å². The highest BCUT2D eigenvalue weighted by atomic mass is 79.9. The summed E-state index contributed by atoms with van der Waals surface area (Å²) in [7, 11) is 0. The van der Waals surface area contributed by atoms with Gasteiger partial charge in [-0.05, 0) is 59.9 Å². The topological polar surface area (TPSA) is 27.7 Å². The van der Waals surface area contributed by atoms with Gasteiger partial charge in [-0.1, -0.05) is 52.3 Å². The summed E-state index contributed by atoms with van der Waals surface area (Å²) in [6.07, 6.45) is 5.17. The van der Waals surface area contributed by atoms with E-state index >= 15 is 0 Å². The number of rotatable bonds is 7. The van der Waals surface area contributed by atoms with Crippen LogP contribution in [0.2, 0.25) is 0 Å². The third kappa shape index (κ3) is 5.63. The lowest BCUT2D eigenvalue weighted by molar-refractivity contribution is 0.0384. The molecule has 1 aliphatic carbocycles. The average molecular weight is 499 g/mol. The van der Waals surface area contributed by atoms with E-state index in [0.717, 1.165) is 58.4 Å². The first-order valence-electron chi connectivity index (χ1n) is 12.3. The number of hydrogen-bond acceptors (Lipinski definition) is 4. The van der Waals surface area contributed by atoms with Gasteiger partial charge in [0.15, 0.2) is 0 Å². The molecule has 2 atom stereocenters. The molecule has 0 saturated carbocycles. The van der Waals surface area contributed by atoms with Crippen LogP contribution in [-0.4, -0.2) is 61.8 Å². The third-order valence-electron chi connectivity index (χ3n) is 7.53.